The molecule has 0 amide bonds. The molecule has 0 aromatic carbocycles. The van der Waals surface area contributed by atoms with Gasteiger partial charge in [0.25, 0.3) is 0 Å². The molecule has 1 aromatic heterocycles. The summed E-state index contributed by atoms with van der Waals surface area (Å²) in [6, 6.07) is 5.72. The van der Waals surface area contributed by atoms with E-state index < -0.39 is 0 Å². The first-order valence-electron chi connectivity index (χ1n) is 7.72. The van der Waals surface area contributed by atoms with Gasteiger partial charge in [-0.2, -0.15) is 0 Å². The lowest BCUT2D eigenvalue weighted by atomic mass is 9.95. The summed E-state index contributed by atoms with van der Waals surface area (Å²) < 4.78 is 0. The largest absolute Gasteiger partial charge is 0.364 e. The van der Waals surface area contributed by atoms with Gasteiger partial charge in [-0.05, 0) is 44.9 Å². The number of aromatic nitrogens is 1. The highest BCUT2D eigenvalue weighted by atomic mass is 15.3. The van der Waals surface area contributed by atoms with Gasteiger partial charge in [0, 0.05) is 31.4 Å². The number of nitrogens with zero attached hydrogens (tertiary/aromatic N) is 3. The van der Waals surface area contributed by atoms with Gasteiger partial charge in [0.1, 0.15) is 0 Å². The average Bonchev–Trinajstić information content (AvgIpc) is 2.46. The lowest BCUT2D eigenvalue weighted by Gasteiger charge is -2.49. The lowest BCUT2D eigenvalue weighted by Crippen LogP contribution is -2.59. The van der Waals surface area contributed by atoms with E-state index in [0.717, 1.165) is 6.04 Å². The zero-order valence-electron chi connectivity index (χ0n) is 12.2. The number of piperidine rings is 1. The molecule has 2 fully saturated rings. The predicted molar refractivity (Wildman–Crippen MR) is 79.6 cm³/mol. The first-order valence-corrected chi connectivity index (χ1v) is 7.72. The Labute approximate surface area is 116 Å². The number of hydrogen-bond acceptors (Lipinski definition) is 3. The Kier molecular flexibility index (Phi) is 3.74. The summed E-state index contributed by atoms with van der Waals surface area (Å²) in [4.78, 5) is 9.81. The van der Waals surface area contributed by atoms with Crippen LogP contribution in [0.25, 0.3) is 0 Å². The molecule has 1 aromatic rings. The maximum Gasteiger partial charge on any atom is 0.0605 e. The molecule has 3 rings (SSSR count). The molecule has 2 atom stereocenters. The second-order valence-electron chi connectivity index (χ2n) is 5.97. The third-order valence-corrected chi connectivity index (χ3v) is 4.80. The highest BCUT2D eigenvalue weighted by Crippen LogP contribution is 2.30. The summed E-state index contributed by atoms with van der Waals surface area (Å²) >= 11 is 0. The zero-order valence-corrected chi connectivity index (χ0v) is 12.2. The molecule has 0 aliphatic carbocycles. The number of pyridine rings is 1. The summed E-state index contributed by atoms with van der Waals surface area (Å²) in [7, 11) is 0. The van der Waals surface area contributed by atoms with Gasteiger partial charge in [0.05, 0.1) is 11.4 Å². The third kappa shape index (κ3) is 2.48. The number of fused-ring (bicyclic) bond motifs is 1. The maximum atomic E-state index is 4.47. The quantitative estimate of drug-likeness (QED) is 0.814. The minimum Gasteiger partial charge on any atom is -0.364 e. The van der Waals surface area contributed by atoms with Crippen molar-refractivity contribution in [3.8, 4) is 0 Å². The van der Waals surface area contributed by atoms with E-state index in [0.29, 0.717) is 6.04 Å². The molecule has 0 bridgehead atoms. The van der Waals surface area contributed by atoms with Crippen molar-refractivity contribution in [1.29, 1.82) is 0 Å². The van der Waals surface area contributed by atoms with Gasteiger partial charge in [-0.1, -0.05) is 13.3 Å². The van der Waals surface area contributed by atoms with Gasteiger partial charge in [0.15, 0.2) is 0 Å². The Hall–Kier alpha value is -1.09. The standard InChI is InChI=1S/C16H25N3/c1-3-14-11-18-10-5-4-7-15(18)12-19(14)16-8-6-9-17-13(16)2/h6,8-9,14-15H,3-5,7,10-12H2,1-2H3. The van der Waals surface area contributed by atoms with Gasteiger partial charge in [-0.3, -0.25) is 9.88 Å². The molecule has 0 saturated carbocycles. The van der Waals surface area contributed by atoms with Crippen molar-refractivity contribution in [3.05, 3.63) is 24.0 Å². The van der Waals surface area contributed by atoms with Crippen molar-refractivity contribution >= 4 is 5.69 Å². The van der Waals surface area contributed by atoms with Gasteiger partial charge in [-0.25, -0.2) is 0 Å². The molecule has 2 saturated heterocycles. The van der Waals surface area contributed by atoms with Crippen LogP contribution in [0.5, 0.6) is 0 Å². The van der Waals surface area contributed by atoms with Crippen LogP contribution >= 0.6 is 0 Å². The molecule has 2 aliphatic rings. The SMILES string of the molecule is CCC1CN2CCCCC2CN1c1cccnc1C. The van der Waals surface area contributed by atoms with Crippen LogP contribution in [-0.4, -0.2) is 41.6 Å². The third-order valence-electron chi connectivity index (χ3n) is 4.80. The topological polar surface area (TPSA) is 19.4 Å². The molecule has 3 heteroatoms. The van der Waals surface area contributed by atoms with Crippen LogP contribution in [0.15, 0.2) is 18.3 Å². The predicted octanol–water partition coefficient (Wildman–Crippen LogP) is 2.84. The van der Waals surface area contributed by atoms with Crippen molar-refractivity contribution < 1.29 is 0 Å². The Balaban J connectivity index is 1.85. The van der Waals surface area contributed by atoms with E-state index in [1.165, 1.54) is 56.7 Å². The number of rotatable bonds is 2. The van der Waals surface area contributed by atoms with Crippen molar-refractivity contribution in [1.82, 2.24) is 9.88 Å². The smallest absolute Gasteiger partial charge is 0.0605 e. The van der Waals surface area contributed by atoms with Crippen molar-refractivity contribution in [2.75, 3.05) is 24.5 Å². The maximum absolute atomic E-state index is 4.47. The fourth-order valence-electron chi connectivity index (χ4n) is 3.68. The van der Waals surface area contributed by atoms with Crippen molar-refractivity contribution in [2.24, 2.45) is 0 Å². The number of aryl methyl sites for hydroxylation is 1. The Morgan fingerprint density at radius 3 is 3.00 bits per heavy atom. The molecule has 0 spiro atoms. The van der Waals surface area contributed by atoms with Gasteiger partial charge in [-0.15, -0.1) is 0 Å². The molecule has 3 nitrogen and oxygen atoms in total. The molecule has 19 heavy (non-hydrogen) atoms. The number of hydrogen-bond donors (Lipinski definition) is 0. The van der Waals surface area contributed by atoms with Crippen LogP contribution in [0.3, 0.4) is 0 Å². The minimum atomic E-state index is 0.650. The van der Waals surface area contributed by atoms with Crippen LogP contribution in [0, 0.1) is 6.92 Å². The van der Waals surface area contributed by atoms with E-state index in [1.54, 1.807) is 0 Å². The summed E-state index contributed by atoms with van der Waals surface area (Å²) in [6.45, 7) is 8.17. The average molecular weight is 259 g/mol. The van der Waals surface area contributed by atoms with Crippen LogP contribution in [0.2, 0.25) is 0 Å². The van der Waals surface area contributed by atoms with E-state index in [2.05, 4.69) is 40.8 Å². The Morgan fingerprint density at radius 1 is 1.32 bits per heavy atom. The second-order valence-corrected chi connectivity index (χ2v) is 5.97. The molecule has 0 N–H and O–H groups in total. The number of piperazine rings is 1. The van der Waals surface area contributed by atoms with E-state index >= 15 is 0 Å². The van der Waals surface area contributed by atoms with Gasteiger partial charge in [0.2, 0.25) is 0 Å². The normalized spacial score (nSPS) is 28.2. The van der Waals surface area contributed by atoms with Crippen LogP contribution in [-0.2, 0) is 0 Å². The monoisotopic (exact) mass is 259 g/mol. The fourth-order valence-corrected chi connectivity index (χ4v) is 3.68. The Morgan fingerprint density at radius 2 is 2.21 bits per heavy atom. The molecular formula is C16H25N3. The minimum absolute atomic E-state index is 0.650. The van der Waals surface area contributed by atoms with Gasteiger partial charge >= 0.3 is 0 Å². The Bertz CT molecular complexity index is 432. The lowest BCUT2D eigenvalue weighted by molar-refractivity contribution is 0.111. The highest BCUT2D eigenvalue weighted by Gasteiger charge is 2.34. The van der Waals surface area contributed by atoms with E-state index in [4.69, 9.17) is 0 Å². The summed E-state index contributed by atoms with van der Waals surface area (Å²) in [6.07, 6.45) is 7.27. The molecular weight excluding hydrogens is 234 g/mol. The highest BCUT2D eigenvalue weighted by molar-refractivity contribution is 5.51. The van der Waals surface area contributed by atoms with Crippen molar-refractivity contribution in [2.45, 2.75) is 51.6 Å². The van der Waals surface area contributed by atoms with E-state index in [1.807, 2.05) is 6.20 Å². The first-order chi connectivity index (χ1) is 9.29. The molecule has 0 radical (unpaired) electrons. The summed E-state index contributed by atoms with van der Waals surface area (Å²) in [5, 5.41) is 0. The van der Waals surface area contributed by atoms with Crippen LogP contribution in [0.4, 0.5) is 5.69 Å². The first kappa shape index (κ1) is 12.9. The van der Waals surface area contributed by atoms with E-state index in [-0.39, 0.29) is 0 Å². The summed E-state index contributed by atoms with van der Waals surface area (Å²) in [5.74, 6) is 0. The molecule has 3 heterocycles. The number of anilines is 1. The molecule has 2 unspecified atom stereocenters. The fraction of sp³-hybridized carbons (Fsp3) is 0.688. The zero-order chi connectivity index (χ0) is 13.2. The van der Waals surface area contributed by atoms with Crippen LogP contribution < -0.4 is 4.90 Å². The second kappa shape index (κ2) is 5.49. The molecule has 104 valence electrons. The molecule has 2 aliphatic heterocycles. The van der Waals surface area contributed by atoms with Crippen molar-refractivity contribution in [3.63, 3.8) is 0 Å². The summed E-state index contributed by atoms with van der Waals surface area (Å²) in [5.41, 5.74) is 2.52. The van der Waals surface area contributed by atoms with Gasteiger partial charge < -0.3 is 4.90 Å². The van der Waals surface area contributed by atoms with E-state index in [9.17, 15) is 0 Å². The van der Waals surface area contributed by atoms with Crippen LogP contribution in [0.1, 0.15) is 38.3 Å².